The van der Waals surface area contributed by atoms with Crippen LogP contribution < -0.4 is 0 Å². The molecule has 0 aliphatic heterocycles. The van der Waals surface area contributed by atoms with Gasteiger partial charge in [0.2, 0.25) is 0 Å². The Hall–Kier alpha value is -1.57. The Morgan fingerprint density at radius 1 is 1.14 bits per heavy atom. The minimum Gasteiger partial charge on any atom is -0.223 e. The summed E-state index contributed by atoms with van der Waals surface area (Å²) in [6.07, 6.45) is 5.52. The third-order valence-electron chi connectivity index (χ3n) is 3.28. The lowest BCUT2D eigenvalue weighted by Crippen LogP contribution is -2.14. The smallest absolute Gasteiger partial charge is 0.186 e. The van der Waals surface area contributed by atoms with Gasteiger partial charge in [-0.15, -0.1) is 12.3 Å². The molecule has 2 aromatic carbocycles. The predicted octanol–water partition coefficient (Wildman–Crippen LogP) is 4.30. The minimum atomic E-state index is -3.53. The Balaban J connectivity index is 2.55. The van der Waals surface area contributed by atoms with Crippen LogP contribution in [-0.4, -0.2) is 8.42 Å². The molecule has 0 aromatic heterocycles. The van der Waals surface area contributed by atoms with Crippen LogP contribution in [0.25, 0.3) is 0 Å². The molecular formula is C17H15BrO2S. The number of halogens is 1. The molecule has 0 spiro atoms. The fraction of sp³-hybridized carbons (Fsp3) is 0.176. The Bertz CT molecular complexity index is 771. The van der Waals surface area contributed by atoms with Gasteiger partial charge < -0.3 is 0 Å². The molecule has 2 aromatic rings. The normalized spacial score (nSPS) is 12.6. The van der Waals surface area contributed by atoms with E-state index in [1.54, 1.807) is 30.3 Å². The molecule has 0 saturated heterocycles. The first-order chi connectivity index (χ1) is 9.96. The van der Waals surface area contributed by atoms with Crippen molar-refractivity contribution in [3.05, 3.63) is 64.1 Å². The average molecular weight is 363 g/mol. The molecular weight excluding hydrogens is 348 g/mol. The van der Waals surface area contributed by atoms with Crippen LogP contribution in [0.15, 0.2) is 57.9 Å². The summed E-state index contributed by atoms with van der Waals surface area (Å²) in [4.78, 5) is 0.295. The highest BCUT2D eigenvalue weighted by atomic mass is 79.9. The van der Waals surface area contributed by atoms with Gasteiger partial charge in [0.1, 0.15) is 5.25 Å². The zero-order valence-corrected chi connectivity index (χ0v) is 14.0. The van der Waals surface area contributed by atoms with Gasteiger partial charge >= 0.3 is 0 Å². The molecule has 0 fully saturated rings. The molecule has 4 heteroatoms. The van der Waals surface area contributed by atoms with Gasteiger partial charge in [0.05, 0.1) is 4.90 Å². The van der Waals surface area contributed by atoms with E-state index in [-0.39, 0.29) is 6.42 Å². The third-order valence-corrected chi connectivity index (χ3v) is 6.10. The lowest BCUT2D eigenvalue weighted by molar-refractivity contribution is 0.582. The van der Waals surface area contributed by atoms with E-state index in [1.807, 2.05) is 25.1 Å². The van der Waals surface area contributed by atoms with E-state index in [0.29, 0.717) is 10.5 Å². The third kappa shape index (κ3) is 3.37. The second-order valence-corrected chi connectivity index (χ2v) is 7.76. The Labute approximate surface area is 134 Å². The number of rotatable bonds is 4. The highest BCUT2D eigenvalue weighted by molar-refractivity contribution is 9.10. The van der Waals surface area contributed by atoms with Gasteiger partial charge in [-0.1, -0.05) is 51.8 Å². The average Bonchev–Trinajstić information content (AvgIpc) is 2.46. The second-order valence-electron chi connectivity index (χ2n) is 4.78. The quantitative estimate of drug-likeness (QED) is 0.760. The summed E-state index contributed by atoms with van der Waals surface area (Å²) in [7, 11) is -3.53. The van der Waals surface area contributed by atoms with E-state index in [2.05, 4.69) is 21.9 Å². The van der Waals surface area contributed by atoms with Crippen molar-refractivity contribution in [2.24, 2.45) is 0 Å². The topological polar surface area (TPSA) is 34.1 Å². The Morgan fingerprint density at radius 2 is 1.76 bits per heavy atom. The minimum absolute atomic E-state index is 0.138. The first-order valence-corrected chi connectivity index (χ1v) is 8.79. The zero-order chi connectivity index (χ0) is 15.5. The Morgan fingerprint density at radius 3 is 2.33 bits per heavy atom. The van der Waals surface area contributed by atoms with E-state index in [1.165, 1.54) is 0 Å². The van der Waals surface area contributed by atoms with Gasteiger partial charge in [0, 0.05) is 10.9 Å². The molecule has 0 amide bonds. The summed E-state index contributed by atoms with van der Waals surface area (Å²) in [5.41, 5.74) is 1.71. The number of hydrogen-bond donors (Lipinski definition) is 0. The van der Waals surface area contributed by atoms with E-state index in [4.69, 9.17) is 6.42 Å². The van der Waals surface area contributed by atoms with Crippen molar-refractivity contribution >= 4 is 25.8 Å². The van der Waals surface area contributed by atoms with Crippen molar-refractivity contribution in [1.82, 2.24) is 0 Å². The van der Waals surface area contributed by atoms with Crippen molar-refractivity contribution in [3.63, 3.8) is 0 Å². The van der Waals surface area contributed by atoms with Crippen LogP contribution in [-0.2, 0) is 9.84 Å². The van der Waals surface area contributed by atoms with Gasteiger partial charge in [-0.05, 0) is 30.7 Å². The number of sulfone groups is 1. The summed E-state index contributed by atoms with van der Waals surface area (Å²) >= 11 is 3.41. The molecule has 0 aliphatic carbocycles. The molecule has 1 unspecified atom stereocenters. The molecule has 0 radical (unpaired) electrons. The molecule has 21 heavy (non-hydrogen) atoms. The summed E-state index contributed by atoms with van der Waals surface area (Å²) in [6, 6.07) is 14.1. The lowest BCUT2D eigenvalue weighted by Gasteiger charge is -2.17. The van der Waals surface area contributed by atoms with Crippen LogP contribution in [0.3, 0.4) is 0 Å². The van der Waals surface area contributed by atoms with Crippen LogP contribution in [0.2, 0.25) is 0 Å². The first-order valence-electron chi connectivity index (χ1n) is 6.45. The van der Waals surface area contributed by atoms with Gasteiger partial charge in [-0.2, -0.15) is 0 Å². The standard InChI is InChI=1S/C17H15BrO2S/c1-3-6-17(15-7-4-5-8-16(15)18)21(19,20)14-11-9-13(2)10-12-14/h1,4-5,7-12,17H,6H2,2H3. The van der Waals surface area contributed by atoms with Crippen molar-refractivity contribution < 1.29 is 8.42 Å². The van der Waals surface area contributed by atoms with E-state index in [0.717, 1.165) is 10.0 Å². The largest absolute Gasteiger partial charge is 0.223 e. The molecule has 0 saturated carbocycles. The summed E-state index contributed by atoms with van der Waals surface area (Å²) in [5, 5.41) is -0.749. The van der Waals surface area contributed by atoms with Gasteiger partial charge in [-0.25, -0.2) is 8.42 Å². The van der Waals surface area contributed by atoms with Crippen LogP contribution >= 0.6 is 15.9 Å². The van der Waals surface area contributed by atoms with Crippen LogP contribution in [0.5, 0.6) is 0 Å². The maximum absolute atomic E-state index is 12.9. The number of benzene rings is 2. The van der Waals surface area contributed by atoms with Crippen molar-refractivity contribution in [2.75, 3.05) is 0 Å². The molecule has 0 bridgehead atoms. The van der Waals surface area contributed by atoms with E-state index < -0.39 is 15.1 Å². The highest BCUT2D eigenvalue weighted by Crippen LogP contribution is 2.35. The fourth-order valence-corrected chi connectivity index (χ4v) is 4.53. The molecule has 108 valence electrons. The molecule has 0 aliphatic rings. The summed E-state index contributed by atoms with van der Waals surface area (Å²) in [5.74, 6) is 2.48. The number of aryl methyl sites for hydroxylation is 1. The molecule has 2 nitrogen and oxygen atoms in total. The van der Waals surface area contributed by atoms with Gasteiger partial charge in [0.25, 0.3) is 0 Å². The number of terminal acetylenes is 1. The monoisotopic (exact) mass is 362 g/mol. The van der Waals surface area contributed by atoms with Gasteiger partial charge in [0.15, 0.2) is 9.84 Å². The maximum atomic E-state index is 12.9. The van der Waals surface area contributed by atoms with Crippen molar-refractivity contribution in [3.8, 4) is 12.3 Å². The van der Waals surface area contributed by atoms with Crippen LogP contribution in [0.4, 0.5) is 0 Å². The van der Waals surface area contributed by atoms with Crippen LogP contribution in [0, 0.1) is 19.3 Å². The lowest BCUT2D eigenvalue weighted by atomic mass is 10.1. The van der Waals surface area contributed by atoms with Crippen molar-refractivity contribution in [2.45, 2.75) is 23.5 Å². The fourth-order valence-electron chi connectivity index (χ4n) is 2.12. The maximum Gasteiger partial charge on any atom is 0.186 e. The predicted molar refractivity (Wildman–Crippen MR) is 88.7 cm³/mol. The van der Waals surface area contributed by atoms with Crippen LogP contribution in [0.1, 0.15) is 22.8 Å². The summed E-state index contributed by atoms with van der Waals surface area (Å²) < 4.78 is 26.5. The summed E-state index contributed by atoms with van der Waals surface area (Å²) in [6.45, 7) is 1.92. The first kappa shape index (κ1) is 15.8. The van der Waals surface area contributed by atoms with E-state index >= 15 is 0 Å². The molecule has 1 atom stereocenters. The van der Waals surface area contributed by atoms with Gasteiger partial charge in [-0.3, -0.25) is 0 Å². The highest BCUT2D eigenvalue weighted by Gasteiger charge is 2.29. The van der Waals surface area contributed by atoms with Crippen molar-refractivity contribution in [1.29, 1.82) is 0 Å². The zero-order valence-electron chi connectivity index (χ0n) is 11.6. The Kier molecular flexibility index (Phi) is 4.87. The number of hydrogen-bond acceptors (Lipinski definition) is 2. The molecule has 0 heterocycles. The second kappa shape index (κ2) is 6.46. The molecule has 2 rings (SSSR count). The van der Waals surface area contributed by atoms with E-state index in [9.17, 15) is 8.42 Å². The SMILES string of the molecule is C#CCC(c1ccccc1Br)S(=O)(=O)c1ccc(C)cc1. The molecule has 0 N–H and O–H groups in total.